The van der Waals surface area contributed by atoms with Gasteiger partial charge in [-0.15, -0.1) is 0 Å². The zero-order valence-electron chi connectivity index (χ0n) is 12.5. The maximum absolute atomic E-state index is 12.6. The van der Waals surface area contributed by atoms with Gasteiger partial charge in [-0.1, -0.05) is 11.6 Å². The smallest absolute Gasteiger partial charge is 0.262 e. The zero-order chi connectivity index (χ0) is 16.4. The van der Waals surface area contributed by atoms with Crippen molar-refractivity contribution in [3.05, 3.63) is 47.0 Å². The average Bonchev–Trinajstić information content (AvgIpc) is 2.74. The fourth-order valence-electron chi connectivity index (χ4n) is 2.26. The molecule has 122 valence electrons. The van der Waals surface area contributed by atoms with E-state index in [-0.39, 0.29) is 4.90 Å². The molecule has 0 amide bonds. The van der Waals surface area contributed by atoms with Gasteiger partial charge in [-0.2, -0.15) is 0 Å². The molecule has 0 bridgehead atoms. The summed E-state index contributed by atoms with van der Waals surface area (Å²) in [5.74, 6) is 1.00. The highest BCUT2D eigenvalue weighted by Gasteiger charge is 2.19. The third kappa shape index (κ3) is 3.54. The Morgan fingerprint density at radius 3 is 2.52 bits per heavy atom. The van der Waals surface area contributed by atoms with E-state index in [1.807, 2.05) is 0 Å². The molecule has 1 aliphatic rings. The van der Waals surface area contributed by atoms with Gasteiger partial charge >= 0.3 is 0 Å². The first kappa shape index (κ1) is 16.0. The van der Waals surface area contributed by atoms with Gasteiger partial charge < -0.3 is 9.47 Å². The molecule has 1 aliphatic heterocycles. The van der Waals surface area contributed by atoms with E-state index in [0.29, 0.717) is 35.4 Å². The number of sulfonamides is 1. The van der Waals surface area contributed by atoms with Crippen molar-refractivity contribution in [2.24, 2.45) is 0 Å². The van der Waals surface area contributed by atoms with Gasteiger partial charge in [0.1, 0.15) is 0 Å². The second kappa shape index (κ2) is 6.29. The molecule has 0 aliphatic carbocycles. The van der Waals surface area contributed by atoms with E-state index in [0.717, 1.165) is 12.0 Å². The van der Waals surface area contributed by atoms with E-state index in [4.69, 9.17) is 21.1 Å². The van der Waals surface area contributed by atoms with Crippen LogP contribution in [0.4, 0.5) is 5.69 Å². The molecular weight excluding hydrogens is 338 g/mol. The summed E-state index contributed by atoms with van der Waals surface area (Å²) in [6.07, 6.45) is 0.763. The molecular formula is C16H16ClNO4S. The minimum atomic E-state index is -3.72. The minimum absolute atomic E-state index is 0.121. The maximum atomic E-state index is 12.6. The molecule has 0 radical (unpaired) electrons. The van der Waals surface area contributed by atoms with Crippen molar-refractivity contribution in [2.45, 2.75) is 18.2 Å². The van der Waals surface area contributed by atoms with Crippen LogP contribution in [0, 0.1) is 6.92 Å². The van der Waals surface area contributed by atoms with E-state index in [2.05, 4.69) is 4.72 Å². The van der Waals surface area contributed by atoms with E-state index in [9.17, 15) is 8.42 Å². The highest BCUT2D eigenvalue weighted by molar-refractivity contribution is 7.92. The fourth-order valence-corrected chi connectivity index (χ4v) is 3.63. The van der Waals surface area contributed by atoms with E-state index >= 15 is 0 Å². The van der Waals surface area contributed by atoms with Crippen LogP contribution >= 0.6 is 11.6 Å². The number of rotatable bonds is 3. The first-order valence-corrected chi connectivity index (χ1v) is 9.00. The van der Waals surface area contributed by atoms with Crippen LogP contribution in [0.25, 0.3) is 0 Å². The second-order valence-corrected chi connectivity index (χ2v) is 7.34. The van der Waals surface area contributed by atoms with Crippen LogP contribution in [0.15, 0.2) is 41.3 Å². The number of fused-ring (bicyclic) bond motifs is 1. The van der Waals surface area contributed by atoms with Crippen LogP contribution in [-0.4, -0.2) is 21.6 Å². The van der Waals surface area contributed by atoms with E-state index in [1.54, 1.807) is 31.2 Å². The third-order valence-electron chi connectivity index (χ3n) is 3.46. The average molecular weight is 354 g/mol. The molecule has 2 aromatic rings. The lowest BCUT2D eigenvalue weighted by molar-refractivity contribution is 0.297. The predicted octanol–water partition coefficient (Wildman–Crippen LogP) is 3.61. The SMILES string of the molecule is Cc1cc(Cl)ccc1NS(=O)(=O)c1ccc2c(c1)OCCCO2. The van der Waals surface area contributed by atoms with E-state index in [1.165, 1.54) is 12.1 Å². The van der Waals surface area contributed by atoms with Crippen LogP contribution in [0.3, 0.4) is 0 Å². The number of nitrogens with one attached hydrogen (secondary N) is 1. The largest absolute Gasteiger partial charge is 0.490 e. The number of aryl methyl sites for hydroxylation is 1. The molecule has 2 aromatic carbocycles. The van der Waals surface area contributed by atoms with Gasteiger partial charge in [0.15, 0.2) is 11.5 Å². The quantitative estimate of drug-likeness (QED) is 0.915. The van der Waals surface area contributed by atoms with Crippen molar-refractivity contribution >= 4 is 27.3 Å². The Morgan fingerprint density at radius 1 is 1.04 bits per heavy atom. The van der Waals surface area contributed by atoms with Crippen molar-refractivity contribution in [2.75, 3.05) is 17.9 Å². The molecule has 0 saturated heterocycles. The van der Waals surface area contributed by atoms with Gasteiger partial charge in [-0.25, -0.2) is 8.42 Å². The van der Waals surface area contributed by atoms with Crippen molar-refractivity contribution in [3.63, 3.8) is 0 Å². The Kier molecular flexibility index (Phi) is 4.37. The van der Waals surface area contributed by atoms with Crippen molar-refractivity contribution < 1.29 is 17.9 Å². The summed E-state index contributed by atoms with van der Waals surface area (Å²) < 4.78 is 38.8. The summed E-state index contributed by atoms with van der Waals surface area (Å²) >= 11 is 5.89. The summed E-state index contributed by atoms with van der Waals surface area (Å²) in [6.45, 7) is 2.85. The Morgan fingerprint density at radius 2 is 1.78 bits per heavy atom. The van der Waals surface area contributed by atoms with Crippen LogP contribution in [-0.2, 0) is 10.0 Å². The third-order valence-corrected chi connectivity index (χ3v) is 5.06. The molecule has 0 aromatic heterocycles. The number of hydrogen-bond donors (Lipinski definition) is 1. The number of benzene rings is 2. The number of anilines is 1. The molecule has 1 heterocycles. The predicted molar refractivity (Wildman–Crippen MR) is 89.0 cm³/mol. The normalized spacial score (nSPS) is 14.2. The molecule has 0 unspecified atom stereocenters. The Bertz CT molecular complexity index is 836. The monoisotopic (exact) mass is 353 g/mol. The Labute approximate surface area is 140 Å². The molecule has 23 heavy (non-hydrogen) atoms. The van der Waals surface area contributed by atoms with Gasteiger partial charge in [0.05, 0.1) is 23.8 Å². The summed E-state index contributed by atoms with van der Waals surface area (Å²) in [6, 6.07) is 9.57. The lowest BCUT2D eigenvalue weighted by Gasteiger charge is -2.13. The molecule has 5 nitrogen and oxygen atoms in total. The standard InChI is InChI=1S/C16H16ClNO4S/c1-11-9-12(17)3-5-14(11)18-23(19,20)13-4-6-15-16(10-13)22-8-2-7-21-15/h3-6,9-10,18H,2,7-8H2,1H3. The van der Waals surface area contributed by atoms with Crippen molar-refractivity contribution in [1.82, 2.24) is 0 Å². The Balaban J connectivity index is 1.92. The molecule has 0 saturated carbocycles. The highest BCUT2D eigenvalue weighted by Crippen LogP contribution is 2.32. The summed E-state index contributed by atoms with van der Waals surface area (Å²) in [5, 5.41) is 0.557. The van der Waals surface area contributed by atoms with Crippen LogP contribution in [0.1, 0.15) is 12.0 Å². The van der Waals surface area contributed by atoms with Crippen LogP contribution in [0.5, 0.6) is 11.5 Å². The highest BCUT2D eigenvalue weighted by atomic mass is 35.5. The summed E-state index contributed by atoms with van der Waals surface area (Å²) in [7, 11) is -3.72. The van der Waals surface area contributed by atoms with Crippen molar-refractivity contribution in [1.29, 1.82) is 0 Å². The lowest BCUT2D eigenvalue weighted by Crippen LogP contribution is -2.14. The first-order chi connectivity index (χ1) is 11.0. The van der Waals surface area contributed by atoms with Crippen LogP contribution in [0.2, 0.25) is 5.02 Å². The van der Waals surface area contributed by atoms with Gasteiger partial charge in [0.25, 0.3) is 10.0 Å². The van der Waals surface area contributed by atoms with Gasteiger partial charge in [0.2, 0.25) is 0 Å². The second-order valence-electron chi connectivity index (χ2n) is 5.22. The molecule has 0 spiro atoms. The van der Waals surface area contributed by atoms with Gasteiger partial charge in [-0.3, -0.25) is 4.72 Å². The molecule has 3 rings (SSSR count). The van der Waals surface area contributed by atoms with Gasteiger partial charge in [0, 0.05) is 17.5 Å². The van der Waals surface area contributed by atoms with Gasteiger partial charge in [-0.05, 0) is 42.8 Å². The van der Waals surface area contributed by atoms with Crippen molar-refractivity contribution in [3.8, 4) is 11.5 Å². The molecule has 1 N–H and O–H groups in total. The number of halogens is 1. The topological polar surface area (TPSA) is 64.6 Å². The lowest BCUT2D eigenvalue weighted by atomic mass is 10.2. The molecule has 0 atom stereocenters. The zero-order valence-corrected chi connectivity index (χ0v) is 14.1. The molecule has 7 heteroatoms. The Hall–Kier alpha value is -1.92. The maximum Gasteiger partial charge on any atom is 0.262 e. The minimum Gasteiger partial charge on any atom is -0.490 e. The molecule has 0 fully saturated rings. The summed E-state index contributed by atoms with van der Waals surface area (Å²) in [5.41, 5.74) is 1.23. The fraction of sp³-hybridized carbons (Fsp3) is 0.250. The van der Waals surface area contributed by atoms with E-state index < -0.39 is 10.0 Å². The number of hydrogen-bond acceptors (Lipinski definition) is 4. The summed E-state index contributed by atoms with van der Waals surface area (Å²) in [4.78, 5) is 0.121. The first-order valence-electron chi connectivity index (χ1n) is 7.14. The van der Waals surface area contributed by atoms with Crippen LogP contribution < -0.4 is 14.2 Å². The number of ether oxygens (including phenoxy) is 2.